The van der Waals surface area contributed by atoms with Crippen LogP contribution in [0.3, 0.4) is 0 Å². The minimum atomic E-state index is -0.0305. The summed E-state index contributed by atoms with van der Waals surface area (Å²) in [5.74, 6) is 0.206. The zero-order chi connectivity index (χ0) is 40.0. The Morgan fingerprint density at radius 2 is 0.946 bits per heavy atom. The third kappa shape index (κ3) is 8.09. The number of hydrogen-bond acceptors (Lipinski definition) is 3. The fourth-order valence-electron chi connectivity index (χ4n) is 7.36. The van der Waals surface area contributed by atoms with Gasteiger partial charge in [-0.15, -0.1) is 0 Å². The van der Waals surface area contributed by atoms with Gasteiger partial charge in [-0.25, -0.2) is 4.98 Å². The summed E-state index contributed by atoms with van der Waals surface area (Å²) in [7, 11) is 0. The number of para-hydroxylation sites is 1. The van der Waals surface area contributed by atoms with Gasteiger partial charge in [-0.2, -0.15) is 0 Å². The van der Waals surface area contributed by atoms with Crippen LogP contribution >= 0.6 is 0 Å². The van der Waals surface area contributed by atoms with Crippen molar-refractivity contribution in [2.75, 3.05) is 0 Å². The van der Waals surface area contributed by atoms with Crippen molar-refractivity contribution in [1.29, 1.82) is 0 Å². The van der Waals surface area contributed by atoms with Gasteiger partial charge >= 0.3 is 0 Å². The fourth-order valence-corrected chi connectivity index (χ4v) is 7.36. The highest BCUT2D eigenvalue weighted by Gasteiger charge is 2.23. The summed E-state index contributed by atoms with van der Waals surface area (Å²) in [6, 6.07) is 47.0. The second-order valence-electron chi connectivity index (χ2n) is 18.3. The largest absolute Gasteiger partial charge is 0.507 e. The number of hydrogen-bond donors (Lipinski definition) is 1. The highest BCUT2D eigenvalue weighted by Crippen LogP contribution is 2.41. The molecule has 0 amide bonds. The van der Waals surface area contributed by atoms with Crippen LogP contribution in [0.5, 0.6) is 5.75 Å². The topological polar surface area (TPSA) is 46.0 Å². The van der Waals surface area contributed by atoms with Crippen LogP contribution in [0.15, 0.2) is 140 Å². The first-order valence-corrected chi connectivity index (χ1v) is 19.7. The van der Waals surface area contributed by atoms with Gasteiger partial charge in [0.15, 0.2) is 0 Å². The number of aromatic nitrogens is 2. The molecule has 7 rings (SSSR count). The quantitative estimate of drug-likeness (QED) is 0.185. The third-order valence-corrected chi connectivity index (χ3v) is 10.8. The molecule has 0 radical (unpaired) electrons. The SMILES string of the molecule is Cc1cc(C(C)(C)C)cc(-c2ccccc2)c1-c1ccnc(-c2cccc(-c3cc(-c4cc(C(C)(C)C)cc(C(C)(C)C)c4)cc(-c4ccccc4O)n3)c2)c1. The van der Waals surface area contributed by atoms with Gasteiger partial charge in [0.2, 0.25) is 0 Å². The number of rotatable bonds is 6. The molecule has 0 bridgehead atoms. The van der Waals surface area contributed by atoms with E-state index in [1.165, 1.54) is 38.9 Å². The Kier molecular flexibility index (Phi) is 10.1. The van der Waals surface area contributed by atoms with Gasteiger partial charge in [-0.1, -0.05) is 147 Å². The lowest BCUT2D eigenvalue weighted by atomic mass is 9.79. The smallest absolute Gasteiger partial charge is 0.124 e. The summed E-state index contributed by atoms with van der Waals surface area (Å²) in [4.78, 5) is 10.1. The number of benzene rings is 5. The van der Waals surface area contributed by atoms with Gasteiger partial charge in [0.05, 0.1) is 17.1 Å². The lowest BCUT2D eigenvalue weighted by Gasteiger charge is -2.26. The van der Waals surface area contributed by atoms with Crippen LogP contribution in [0.1, 0.15) is 84.6 Å². The summed E-state index contributed by atoms with van der Waals surface area (Å²) in [6.07, 6.45) is 1.92. The molecular formula is C53H54N2O. The molecule has 3 nitrogen and oxygen atoms in total. The Morgan fingerprint density at radius 3 is 1.59 bits per heavy atom. The van der Waals surface area contributed by atoms with E-state index in [1.54, 1.807) is 6.07 Å². The van der Waals surface area contributed by atoms with Gasteiger partial charge in [0, 0.05) is 22.9 Å². The zero-order valence-corrected chi connectivity index (χ0v) is 34.6. The molecule has 2 aromatic heterocycles. The van der Waals surface area contributed by atoms with Crippen molar-refractivity contribution < 1.29 is 5.11 Å². The standard InChI is InChI=1S/C53H54N2O/c1-34-25-41(51(2,3)4)33-45(35-17-12-11-13-18-35)50(34)38-23-24-54-46(29-38)36-19-16-20-37(26-36)47-30-40(31-48(55-47)44-21-14-15-22-49(44)56)39-27-42(52(5,6)7)32-43(28-39)53(8,9)10/h11-33,56H,1-10H3. The summed E-state index contributed by atoms with van der Waals surface area (Å²) >= 11 is 0. The molecule has 0 spiro atoms. The van der Waals surface area contributed by atoms with Gasteiger partial charge < -0.3 is 5.11 Å². The maximum Gasteiger partial charge on any atom is 0.124 e. The minimum Gasteiger partial charge on any atom is -0.507 e. The van der Waals surface area contributed by atoms with E-state index in [4.69, 9.17) is 9.97 Å². The Labute approximate surface area is 334 Å². The van der Waals surface area contributed by atoms with Crippen LogP contribution in [0, 0.1) is 6.92 Å². The van der Waals surface area contributed by atoms with E-state index >= 15 is 0 Å². The van der Waals surface area contributed by atoms with E-state index in [0.29, 0.717) is 5.56 Å². The van der Waals surface area contributed by atoms with E-state index in [2.05, 4.69) is 178 Å². The lowest BCUT2D eigenvalue weighted by Crippen LogP contribution is -2.16. The molecule has 0 atom stereocenters. The van der Waals surface area contributed by atoms with Crippen LogP contribution in [0.2, 0.25) is 0 Å². The molecule has 5 aromatic carbocycles. The van der Waals surface area contributed by atoms with E-state index in [1.807, 2.05) is 24.4 Å². The summed E-state index contributed by atoms with van der Waals surface area (Å²) in [6.45, 7) is 22.6. The van der Waals surface area contributed by atoms with Crippen LogP contribution in [0.25, 0.3) is 67.2 Å². The monoisotopic (exact) mass is 734 g/mol. The first-order valence-electron chi connectivity index (χ1n) is 19.7. The number of phenols is 1. The second kappa shape index (κ2) is 14.7. The zero-order valence-electron chi connectivity index (χ0n) is 34.6. The first-order chi connectivity index (χ1) is 26.5. The van der Waals surface area contributed by atoms with Gasteiger partial charge in [-0.05, 0) is 127 Å². The van der Waals surface area contributed by atoms with E-state index < -0.39 is 0 Å². The molecule has 3 heteroatoms. The molecular weight excluding hydrogens is 681 g/mol. The molecule has 0 aliphatic carbocycles. The highest BCUT2D eigenvalue weighted by atomic mass is 16.3. The van der Waals surface area contributed by atoms with Crippen molar-refractivity contribution in [1.82, 2.24) is 9.97 Å². The number of aryl methyl sites for hydroxylation is 1. The lowest BCUT2D eigenvalue weighted by molar-refractivity contribution is 0.477. The molecule has 7 aromatic rings. The number of nitrogens with zero attached hydrogens (tertiary/aromatic N) is 2. The van der Waals surface area contributed by atoms with Gasteiger partial charge in [-0.3, -0.25) is 4.98 Å². The molecule has 0 fully saturated rings. The van der Waals surface area contributed by atoms with E-state index in [-0.39, 0.29) is 22.0 Å². The summed E-state index contributed by atoms with van der Waals surface area (Å²) in [5, 5.41) is 11.0. The maximum atomic E-state index is 11.0. The molecule has 2 heterocycles. The number of phenolic OH excluding ortho intramolecular Hbond substituents is 1. The van der Waals surface area contributed by atoms with Crippen molar-refractivity contribution in [2.45, 2.75) is 85.5 Å². The van der Waals surface area contributed by atoms with Gasteiger partial charge in [0.1, 0.15) is 5.75 Å². The normalized spacial score (nSPS) is 12.2. The van der Waals surface area contributed by atoms with Crippen LogP contribution in [-0.2, 0) is 16.2 Å². The third-order valence-electron chi connectivity index (χ3n) is 10.8. The number of pyridine rings is 2. The van der Waals surface area contributed by atoms with Crippen molar-refractivity contribution in [3.8, 4) is 72.9 Å². The Hall–Kier alpha value is -5.80. The molecule has 56 heavy (non-hydrogen) atoms. The molecule has 0 saturated carbocycles. The van der Waals surface area contributed by atoms with Crippen LogP contribution in [-0.4, -0.2) is 15.1 Å². The maximum absolute atomic E-state index is 11.0. The summed E-state index contributed by atoms with van der Waals surface area (Å²) in [5.41, 5.74) is 17.2. The average molecular weight is 735 g/mol. The summed E-state index contributed by atoms with van der Waals surface area (Å²) < 4.78 is 0. The minimum absolute atomic E-state index is 0.0192. The predicted molar refractivity (Wildman–Crippen MR) is 237 cm³/mol. The average Bonchev–Trinajstić information content (AvgIpc) is 3.17. The van der Waals surface area contributed by atoms with Gasteiger partial charge in [0.25, 0.3) is 0 Å². The van der Waals surface area contributed by atoms with Crippen molar-refractivity contribution in [3.63, 3.8) is 0 Å². The van der Waals surface area contributed by atoms with Crippen molar-refractivity contribution >= 4 is 0 Å². The second-order valence-corrected chi connectivity index (χ2v) is 18.3. The van der Waals surface area contributed by atoms with E-state index in [9.17, 15) is 5.11 Å². The molecule has 282 valence electrons. The molecule has 0 unspecified atom stereocenters. The Bertz CT molecular complexity index is 2510. The number of aromatic hydroxyl groups is 1. The fraction of sp³-hybridized carbons (Fsp3) is 0.245. The first kappa shape index (κ1) is 38.5. The molecule has 0 aliphatic heterocycles. The van der Waals surface area contributed by atoms with E-state index in [0.717, 1.165) is 44.9 Å². The molecule has 0 saturated heterocycles. The highest BCUT2D eigenvalue weighted by molar-refractivity contribution is 5.88. The Morgan fingerprint density at radius 1 is 0.411 bits per heavy atom. The van der Waals surface area contributed by atoms with Crippen LogP contribution in [0.4, 0.5) is 0 Å². The predicted octanol–water partition coefficient (Wildman–Crippen LogP) is 14.4. The van der Waals surface area contributed by atoms with Crippen molar-refractivity contribution in [2.24, 2.45) is 0 Å². The Balaban J connectivity index is 1.37. The van der Waals surface area contributed by atoms with Crippen LogP contribution < -0.4 is 0 Å². The molecule has 1 N–H and O–H groups in total. The molecule has 0 aliphatic rings. The van der Waals surface area contributed by atoms with Crippen molar-refractivity contribution in [3.05, 3.63) is 162 Å².